The van der Waals surface area contributed by atoms with Crippen LogP contribution < -0.4 is 5.73 Å². The van der Waals surface area contributed by atoms with E-state index in [1.807, 2.05) is 0 Å². The molecule has 96 valence electrons. The SMILES string of the molecule is Cl.NC1CCN(S(=O)(=O)N2CCCC2)CC1. The van der Waals surface area contributed by atoms with Gasteiger partial charge in [0.05, 0.1) is 0 Å². The van der Waals surface area contributed by atoms with Crippen LogP contribution in [0.3, 0.4) is 0 Å². The van der Waals surface area contributed by atoms with Gasteiger partial charge < -0.3 is 5.73 Å². The molecule has 0 atom stereocenters. The van der Waals surface area contributed by atoms with Gasteiger partial charge in [0.25, 0.3) is 10.2 Å². The first kappa shape index (κ1) is 14.2. The molecule has 0 amide bonds. The van der Waals surface area contributed by atoms with Gasteiger partial charge in [0.1, 0.15) is 0 Å². The molecule has 2 aliphatic rings. The maximum Gasteiger partial charge on any atom is 0.281 e. The summed E-state index contributed by atoms with van der Waals surface area (Å²) in [5.74, 6) is 0. The van der Waals surface area contributed by atoms with Gasteiger partial charge in [-0.15, -0.1) is 12.4 Å². The van der Waals surface area contributed by atoms with E-state index in [1.54, 1.807) is 8.61 Å². The molecule has 2 fully saturated rings. The Labute approximate surface area is 104 Å². The minimum Gasteiger partial charge on any atom is -0.328 e. The lowest BCUT2D eigenvalue weighted by atomic mass is 10.1. The molecule has 2 saturated heterocycles. The summed E-state index contributed by atoms with van der Waals surface area (Å²) in [6.45, 7) is 2.54. The minimum absolute atomic E-state index is 0. The van der Waals surface area contributed by atoms with Gasteiger partial charge in [0.2, 0.25) is 0 Å². The standard InChI is InChI=1S/C9H19N3O2S.ClH/c10-9-3-7-12(8-4-9)15(13,14)11-5-1-2-6-11;/h9H,1-8,10H2;1H. The lowest BCUT2D eigenvalue weighted by Gasteiger charge is -2.32. The molecule has 7 heteroatoms. The molecule has 0 saturated carbocycles. The van der Waals surface area contributed by atoms with Crippen LogP contribution in [0.2, 0.25) is 0 Å². The van der Waals surface area contributed by atoms with E-state index in [0.29, 0.717) is 26.2 Å². The molecule has 2 heterocycles. The summed E-state index contributed by atoms with van der Waals surface area (Å²) >= 11 is 0. The van der Waals surface area contributed by atoms with Crippen LogP contribution in [0.5, 0.6) is 0 Å². The molecular weight excluding hydrogens is 250 g/mol. The van der Waals surface area contributed by atoms with Gasteiger partial charge in [-0.2, -0.15) is 17.0 Å². The van der Waals surface area contributed by atoms with Gasteiger partial charge in [0.15, 0.2) is 0 Å². The number of hydrogen-bond donors (Lipinski definition) is 1. The largest absolute Gasteiger partial charge is 0.328 e. The fraction of sp³-hybridized carbons (Fsp3) is 1.00. The summed E-state index contributed by atoms with van der Waals surface area (Å²) in [5.41, 5.74) is 5.76. The van der Waals surface area contributed by atoms with Crippen LogP contribution in [0.4, 0.5) is 0 Å². The fourth-order valence-corrected chi connectivity index (χ4v) is 3.91. The molecule has 0 aliphatic carbocycles. The number of rotatable bonds is 2. The first-order chi connectivity index (χ1) is 7.10. The van der Waals surface area contributed by atoms with E-state index in [1.165, 1.54) is 0 Å². The maximum absolute atomic E-state index is 12.1. The monoisotopic (exact) mass is 269 g/mol. The summed E-state index contributed by atoms with van der Waals surface area (Å²) in [6.07, 6.45) is 3.55. The van der Waals surface area contributed by atoms with Crippen LogP contribution in [-0.2, 0) is 10.2 Å². The molecule has 0 radical (unpaired) electrons. The van der Waals surface area contributed by atoms with E-state index < -0.39 is 10.2 Å². The molecule has 2 aliphatic heterocycles. The van der Waals surface area contributed by atoms with Crippen molar-refractivity contribution >= 4 is 22.6 Å². The zero-order valence-corrected chi connectivity index (χ0v) is 11.0. The van der Waals surface area contributed by atoms with Gasteiger partial charge >= 0.3 is 0 Å². The average molecular weight is 270 g/mol. The Morgan fingerprint density at radius 2 is 1.38 bits per heavy atom. The second-order valence-corrected chi connectivity index (χ2v) is 6.28. The van der Waals surface area contributed by atoms with E-state index in [4.69, 9.17) is 5.73 Å². The number of halogens is 1. The van der Waals surface area contributed by atoms with Crippen molar-refractivity contribution in [2.75, 3.05) is 26.2 Å². The Morgan fingerprint density at radius 1 is 0.938 bits per heavy atom. The van der Waals surface area contributed by atoms with Crippen LogP contribution in [0.25, 0.3) is 0 Å². The minimum atomic E-state index is -3.17. The van der Waals surface area contributed by atoms with E-state index in [-0.39, 0.29) is 18.4 Å². The predicted molar refractivity (Wildman–Crippen MR) is 65.8 cm³/mol. The smallest absolute Gasteiger partial charge is 0.281 e. The average Bonchev–Trinajstić information content (AvgIpc) is 2.71. The van der Waals surface area contributed by atoms with E-state index in [2.05, 4.69) is 0 Å². The summed E-state index contributed by atoms with van der Waals surface area (Å²) in [5, 5.41) is 0. The Kier molecular flexibility index (Phi) is 5.00. The lowest BCUT2D eigenvalue weighted by Crippen LogP contribution is -2.48. The van der Waals surface area contributed by atoms with Crippen molar-refractivity contribution in [1.82, 2.24) is 8.61 Å². The van der Waals surface area contributed by atoms with Crippen LogP contribution in [0.15, 0.2) is 0 Å². The second kappa shape index (κ2) is 5.64. The van der Waals surface area contributed by atoms with Crippen molar-refractivity contribution in [2.45, 2.75) is 31.7 Å². The highest BCUT2D eigenvalue weighted by Gasteiger charge is 2.33. The Balaban J connectivity index is 0.00000128. The number of piperidine rings is 1. The number of nitrogens with zero attached hydrogens (tertiary/aromatic N) is 2. The van der Waals surface area contributed by atoms with Crippen LogP contribution in [0, 0.1) is 0 Å². The molecule has 16 heavy (non-hydrogen) atoms. The number of hydrogen-bond acceptors (Lipinski definition) is 3. The van der Waals surface area contributed by atoms with Gasteiger partial charge in [-0.25, -0.2) is 0 Å². The van der Waals surface area contributed by atoms with Crippen molar-refractivity contribution in [2.24, 2.45) is 5.73 Å². The van der Waals surface area contributed by atoms with Crippen molar-refractivity contribution in [3.05, 3.63) is 0 Å². The first-order valence-electron chi connectivity index (χ1n) is 5.61. The molecule has 0 unspecified atom stereocenters. The summed E-state index contributed by atoms with van der Waals surface area (Å²) in [4.78, 5) is 0. The quantitative estimate of drug-likeness (QED) is 0.777. The second-order valence-electron chi connectivity index (χ2n) is 4.35. The van der Waals surface area contributed by atoms with E-state index >= 15 is 0 Å². The van der Waals surface area contributed by atoms with Crippen molar-refractivity contribution in [1.29, 1.82) is 0 Å². The molecule has 2 N–H and O–H groups in total. The van der Waals surface area contributed by atoms with Crippen LogP contribution in [0.1, 0.15) is 25.7 Å². The van der Waals surface area contributed by atoms with Gasteiger partial charge in [-0.3, -0.25) is 0 Å². The third-order valence-electron chi connectivity index (χ3n) is 3.22. The third kappa shape index (κ3) is 2.87. The highest BCUT2D eigenvalue weighted by Crippen LogP contribution is 2.19. The van der Waals surface area contributed by atoms with Gasteiger partial charge in [0, 0.05) is 32.2 Å². The summed E-state index contributed by atoms with van der Waals surface area (Å²) < 4.78 is 27.4. The zero-order chi connectivity index (χ0) is 10.9. The molecule has 5 nitrogen and oxygen atoms in total. The zero-order valence-electron chi connectivity index (χ0n) is 9.34. The Morgan fingerprint density at radius 3 is 1.88 bits per heavy atom. The fourth-order valence-electron chi connectivity index (χ4n) is 2.19. The normalized spacial score (nSPS) is 25.6. The molecule has 0 aromatic carbocycles. The van der Waals surface area contributed by atoms with Gasteiger partial charge in [-0.05, 0) is 25.7 Å². The highest BCUT2D eigenvalue weighted by molar-refractivity contribution is 7.86. The van der Waals surface area contributed by atoms with Gasteiger partial charge in [-0.1, -0.05) is 0 Å². The molecule has 2 rings (SSSR count). The first-order valence-corrected chi connectivity index (χ1v) is 7.01. The van der Waals surface area contributed by atoms with Crippen LogP contribution in [-0.4, -0.2) is 49.2 Å². The molecular formula is C9H20ClN3O2S. The Bertz CT molecular complexity index is 309. The van der Waals surface area contributed by atoms with E-state index in [9.17, 15) is 8.42 Å². The third-order valence-corrected chi connectivity index (χ3v) is 5.25. The van der Waals surface area contributed by atoms with Crippen LogP contribution >= 0.6 is 12.4 Å². The van der Waals surface area contributed by atoms with Crippen molar-refractivity contribution in [3.8, 4) is 0 Å². The maximum atomic E-state index is 12.1. The molecule has 0 aromatic rings. The van der Waals surface area contributed by atoms with E-state index in [0.717, 1.165) is 25.7 Å². The van der Waals surface area contributed by atoms with Crippen molar-refractivity contribution < 1.29 is 8.42 Å². The van der Waals surface area contributed by atoms with Crippen molar-refractivity contribution in [3.63, 3.8) is 0 Å². The highest BCUT2D eigenvalue weighted by atomic mass is 35.5. The topological polar surface area (TPSA) is 66.6 Å². The summed E-state index contributed by atoms with van der Waals surface area (Å²) in [7, 11) is -3.17. The molecule has 0 bridgehead atoms. The number of nitrogens with two attached hydrogens (primary N) is 1. The lowest BCUT2D eigenvalue weighted by molar-refractivity contribution is 0.296. The predicted octanol–water partition coefficient (Wildman–Crippen LogP) is 0.172. The summed E-state index contributed by atoms with van der Waals surface area (Å²) in [6, 6.07) is 0.176. The molecule has 0 spiro atoms. The Hall–Kier alpha value is 0.120. The molecule has 0 aromatic heterocycles.